The van der Waals surface area contributed by atoms with Gasteiger partial charge in [-0.2, -0.15) is 4.31 Å². The molecule has 3 aromatic rings. The number of rotatable bonds is 9. The molecule has 0 atom stereocenters. The van der Waals surface area contributed by atoms with E-state index in [1.54, 1.807) is 42.5 Å². The molecule has 0 bridgehead atoms. The van der Waals surface area contributed by atoms with Crippen molar-refractivity contribution in [3.8, 4) is 5.75 Å². The maximum atomic E-state index is 13.2. The fourth-order valence-corrected chi connectivity index (χ4v) is 4.33. The van der Waals surface area contributed by atoms with Crippen LogP contribution < -0.4 is 10.1 Å². The average molecular weight is 443 g/mol. The summed E-state index contributed by atoms with van der Waals surface area (Å²) < 4.78 is 46.0. The van der Waals surface area contributed by atoms with Crippen LogP contribution in [0, 0.1) is 5.82 Å². The van der Waals surface area contributed by atoms with E-state index in [0.29, 0.717) is 23.6 Å². The molecule has 0 unspecified atom stereocenters. The van der Waals surface area contributed by atoms with Crippen molar-refractivity contribution in [1.82, 2.24) is 4.31 Å². The second-order valence-electron chi connectivity index (χ2n) is 6.72. The minimum atomic E-state index is -3.95. The van der Waals surface area contributed by atoms with Gasteiger partial charge < -0.3 is 10.1 Å². The zero-order valence-corrected chi connectivity index (χ0v) is 17.8. The number of carbonyl (C=O) groups excluding carboxylic acids is 1. The number of ether oxygens (including phenoxy) is 1. The molecule has 31 heavy (non-hydrogen) atoms. The first-order valence-electron chi connectivity index (χ1n) is 9.71. The number of benzene rings is 3. The normalized spacial score (nSPS) is 11.3. The molecule has 0 saturated heterocycles. The Hall–Kier alpha value is -3.23. The molecule has 0 aromatic heterocycles. The molecule has 1 N–H and O–H groups in total. The second kappa shape index (κ2) is 10.2. The number of nitrogens with zero attached hydrogens (tertiary/aromatic N) is 1. The second-order valence-corrected chi connectivity index (χ2v) is 8.66. The molecular formula is C23H23FN2O4S. The third-order valence-corrected chi connectivity index (χ3v) is 6.23. The van der Waals surface area contributed by atoms with Crippen molar-refractivity contribution in [3.63, 3.8) is 0 Å². The van der Waals surface area contributed by atoms with Gasteiger partial charge in [0.15, 0.2) is 0 Å². The zero-order valence-electron chi connectivity index (χ0n) is 17.0. The Morgan fingerprint density at radius 2 is 1.61 bits per heavy atom. The Labute approximate surface area is 181 Å². The molecule has 162 valence electrons. The highest BCUT2D eigenvalue weighted by atomic mass is 32.2. The molecule has 0 fully saturated rings. The number of nitrogens with one attached hydrogen (secondary N) is 1. The molecule has 3 rings (SSSR count). The molecule has 1 amide bonds. The summed E-state index contributed by atoms with van der Waals surface area (Å²) in [7, 11) is -3.95. The van der Waals surface area contributed by atoms with Crippen LogP contribution in [0.1, 0.15) is 12.5 Å². The Bertz CT molecular complexity index is 1100. The third-order valence-electron chi connectivity index (χ3n) is 4.42. The number of hydrogen-bond donors (Lipinski definition) is 1. The summed E-state index contributed by atoms with van der Waals surface area (Å²) in [5.74, 6) is -0.245. The molecule has 6 nitrogen and oxygen atoms in total. The van der Waals surface area contributed by atoms with Gasteiger partial charge in [0, 0.05) is 12.2 Å². The minimum absolute atomic E-state index is 0.0750. The first kappa shape index (κ1) is 22.5. The van der Waals surface area contributed by atoms with Crippen molar-refractivity contribution in [2.75, 3.05) is 18.5 Å². The van der Waals surface area contributed by atoms with Crippen LogP contribution in [-0.2, 0) is 21.4 Å². The summed E-state index contributed by atoms with van der Waals surface area (Å²) in [6.45, 7) is 1.93. The van der Waals surface area contributed by atoms with E-state index in [0.717, 1.165) is 4.31 Å². The monoisotopic (exact) mass is 442 g/mol. The zero-order chi connectivity index (χ0) is 22.3. The number of amides is 1. The van der Waals surface area contributed by atoms with Gasteiger partial charge in [-0.25, -0.2) is 12.8 Å². The number of sulfonamides is 1. The van der Waals surface area contributed by atoms with Gasteiger partial charge in [0.2, 0.25) is 15.9 Å². The van der Waals surface area contributed by atoms with E-state index in [2.05, 4.69) is 5.32 Å². The smallest absolute Gasteiger partial charge is 0.243 e. The lowest BCUT2D eigenvalue weighted by molar-refractivity contribution is -0.116. The van der Waals surface area contributed by atoms with Crippen molar-refractivity contribution in [2.24, 2.45) is 0 Å². The summed E-state index contributed by atoms with van der Waals surface area (Å²) in [6, 6.07) is 20.2. The van der Waals surface area contributed by atoms with Crippen molar-refractivity contribution < 1.29 is 22.3 Å². The molecule has 0 aliphatic rings. The van der Waals surface area contributed by atoms with Crippen LogP contribution in [0.15, 0.2) is 83.8 Å². The quantitative estimate of drug-likeness (QED) is 0.542. The van der Waals surface area contributed by atoms with Crippen molar-refractivity contribution in [1.29, 1.82) is 0 Å². The van der Waals surface area contributed by atoms with E-state index >= 15 is 0 Å². The number of anilines is 1. The lowest BCUT2D eigenvalue weighted by atomic mass is 10.2. The molecule has 0 heterocycles. The van der Waals surface area contributed by atoms with Gasteiger partial charge in [-0.1, -0.05) is 30.3 Å². The van der Waals surface area contributed by atoms with E-state index in [4.69, 9.17) is 4.74 Å². The van der Waals surface area contributed by atoms with Crippen molar-refractivity contribution in [3.05, 3.63) is 90.2 Å². The molecule has 8 heteroatoms. The predicted molar refractivity (Wildman–Crippen MR) is 117 cm³/mol. The van der Waals surface area contributed by atoms with Crippen LogP contribution in [0.3, 0.4) is 0 Å². The van der Waals surface area contributed by atoms with E-state index < -0.39 is 28.3 Å². The Balaban J connectivity index is 1.80. The van der Waals surface area contributed by atoms with Gasteiger partial charge >= 0.3 is 0 Å². The van der Waals surface area contributed by atoms with Gasteiger partial charge in [-0.05, 0) is 61.0 Å². The fourth-order valence-electron chi connectivity index (χ4n) is 2.92. The number of halogens is 1. The Morgan fingerprint density at radius 3 is 2.23 bits per heavy atom. The van der Waals surface area contributed by atoms with Crippen LogP contribution in [0.4, 0.5) is 10.1 Å². The van der Waals surface area contributed by atoms with Crippen LogP contribution in [-0.4, -0.2) is 31.8 Å². The Morgan fingerprint density at radius 1 is 0.968 bits per heavy atom. The van der Waals surface area contributed by atoms with Gasteiger partial charge in [0.1, 0.15) is 11.6 Å². The van der Waals surface area contributed by atoms with Crippen LogP contribution >= 0.6 is 0 Å². The number of hydrogen-bond acceptors (Lipinski definition) is 4. The highest BCUT2D eigenvalue weighted by Gasteiger charge is 2.27. The Kier molecular flexibility index (Phi) is 7.38. The van der Waals surface area contributed by atoms with Crippen LogP contribution in [0.2, 0.25) is 0 Å². The molecule has 0 aliphatic carbocycles. The van der Waals surface area contributed by atoms with E-state index in [1.807, 2.05) is 6.92 Å². The molecule has 0 spiro atoms. The van der Waals surface area contributed by atoms with Gasteiger partial charge in [-0.3, -0.25) is 4.79 Å². The predicted octanol–water partition coefficient (Wildman–Crippen LogP) is 4.05. The summed E-state index contributed by atoms with van der Waals surface area (Å²) in [5, 5.41) is 2.70. The highest BCUT2D eigenvalue weighted by Crippen LogP contribution is 2.20. The molecule has 3 aromatic carbocycles. The minimum Gasteiger partial charge on any atom is -0.494 e. The van der Waals surface area contributed by atoms with E-state index in [-0.39, 0.29) is 11.4 Å². The lowest BCUT2D eigenvalue weighted by Crippen LogP contribution is -2.37. The van der Waals surface area contributed by atoms with Crippen molar-refractivity contribution in [2.45, 2.75) is 18.4 Å². The van der Waals surface area contributed by atoms with Gasteiger partial charge in [0.05, 0.1) is 18.0 Å². The first-order valence-corrected chi connectivity index (χ1v) is 11.1. The first-order chi connectivity index (χ1) is 14.9. The summed E-state index contributed by atoms with van der Waals surface area (Å²) in [5.41, 5.74) is 1.09. The lowest BCUT2D eigenvalue weighted by Gasteiger charge is -2.22. The molecule has 0 saturated carbocycles. The van der Waals surface area contributed by atoms with Gasteiger partial charge in [-0.15, -0.1) is 0 Å². The molecular weight excluding hydrogens is 419 g/mol. The third kappa shape index (κ3) is 6.13. The summed E-state index contributed by atoms with van der Waals surface area (Å²) in [6.07, 6.45) is 0. The largest absolute Gasteiger partial charge is 0.494 e. The maximum absolute atomic E-state index is 13.2. The van der Waals surface area contributed by atoms with E-state index in [1.165, 1.54) is 36.4 Å². The van der Waals surface area contributed by atoms with Crippen LogP contribution in [0.5, 0.6) is 5.75 Å². The SMILES string of the molecule is CCOc1ccc(NC(=O)CN(Cc2ccc(F)cc2)S(=O)(=O)c2ccccc2)cc1. The highest BCUT2D eigenvalue weighted by molar-refractivity contribution is 7.89. The average Bonchev–Trinajstić information content (AvgIpc) is 2.77. The summed E-state index contributed by atoms with van der Waals surface area (Å²) >= 11 is 0. The summed E-state index contributed by atoms with van der Waals surface area (Å²) in [4.78, 5) is 12.7. The van der Waals surface area contributed by atoms with E-state index in [9.17, 15) is 17.6 Å². The topological polar surface area (TPSA) is 75.7 Å². The molecule has 0 aliphatic heterocycles. The maximum Gasteiger partial charge on any atom is 0.243 e. The van der Waals surface area contributed by atoms with Gasteiger partial charge in [0.25, 0.3) is 0 Å². The molecule has 0 radical (unpaired) electrons. The standard InChI is InChI=1S/C23H23FN2O4S/c1-2-30-21-14-12-20(13-15-21)25-23(27)17-26(16-18-8-10-19(24)11-9-18)31(28,29)22-6-4-3-5-7-22/h3-15H,2,16-17H2,1H3,(H,25,27). The number of carbonyl (C=O) groups is 1. The fraction of sp³-hybridized carbons (Fsp3) is 0.174. The van der Waals surface area contributed by atoms with Crippen LogP contribution in [0.25, 0.3) is 0 Å². The van der Waals surface area contributed by atoms with Crippen molar-refractivity contribution >= 4 is 21.6 Å².